The molecular formula is C46H72O9. The van der Waals surface area contributed by atoms with Crippen molar-refractivity contribution in [3.63, 3.8) is 0 Å². The van der Waals surface area contributed by atoms with Gasteiger partial charge in [0.1, 0.15) is 30.3 Å². The van der Waals surface area contributed by atoms with E-state index in [1.165, 1.54) is 82.9 Å². The molecule has 1 aliphatic rings. The smallest absolute Gasteiger partial charge is 0.343 e. The molecule has 0 aromatic heterocycles. The predicted molar refractivity (Wildman–Crippen MR) is 222 cm³/mol. The fourth-order valence-corrected chi connectivity index (χ4v) is 5.47. The fraction of sp³-hybridized carbons (Fsp3) is 0.609. The van der Waals surface area contributed by atoms with E-state index in [4.69, 9.17) is 28.5 Å². The number of aldehydes is 2. The molecule has 0 N–H and O–H groups in total. The zero-order valence-corrected chi connectivity index (χ0v) is 35.0. The topological polar surface area (TPSA) is 114 Å². The highest BCUT2D eigenvalue weighted by Crippen LogP contribution is 2.34. The third-order valence-corrected chi connectivity index (χ3v) is 8.62. The van der Waals surface area contributed by atoms with E-state index in [1.807, 2.05) is 0 Å². The summed E-state index contributed by atoms with van der Waals surface area (Å²) in [4.78, 5) is 46.2. The van der Waals surface area contributed by atoms with Gasteiger partial charge in [0.15, 0.2) is 6.29 Å². The number of carbonyl (C=O) groups excluding carboxylic acids is 4. The molecule has 55 heavy (non-hydrogen) atoms. The Morgan fingerprint density at radius 2 is 1.33 bits per heavy atom. The number of unbranched alkanes of at least 4 members (excludes halogenated alkanes) is 7. The van der Waals surface area contributed by atoms with Crippen molar-refractivity contribution in [3.05, 3.63) is 66.2 Å². The molecule has 0 bridgehead atoms. The third-order valence-electron chi connectivity index (χ3n) is 8.62. The average Bonchev–Trinajstić information content (AvgIpc) is 3.20. The first-order chi connectivity index (χ1) is 26.8. The summed E-state index contributed by atoms with van der Waals surface area (Å²) in [7, 11) is 0. The second kappa shape index (κ2) is 35.9. The van der Waals surface area contributed by atoms with Crippen LogP contribution in [-0.2, 0) is 19.1 Å². The summed E-state index contributed by atoms with van der Waals surface area (Å²) in [6.45, 7) is 17.8. The fourth-order valence-electron chi connectivity index (χ4n) is 5.47. The molecule has 2 aromatic carbocycles. The van der Waals surface area contributed by atoms with E-state index in [0.717, 1.165) is 51.2 Å². The molecule has 1 fully saturated rings. The molecular weight excluding hydrogens is 696 g/mol. The van der Waals surface area contributed by atoms with Gasteiger partial charge in [-0.1, -0.05) is 98.5 Å². The van der Waals surface area contributed by atoms with Gasteiger partial charge >= 0.3 is 11.9 Å². The van der Waals surface area contributed by atoms with Crippen LogP contribution in [0.3, 0.4) is 0 Å². The van der Waals surface area contributed by atoms with E-state index in [1.54, 1.807) is 30.3 Å². The van der Waals surface area contributed by atoms with E-state index in [0.29, 0.717) is 43.3 Å². The standard InChI is InChI=1S/C37H50O8.C4H10.C3H8.C2H4O/c1-3-5-6-7-9-12-29-13-15-30(16-14-29)37(40)45-35-22-21-34(26-32(35)27-38)44-36(39)31-17-19-33(20-18-31)43-25-11-8-10-24-42-28-41-23-4-2;1-3-4-2;1-3-2;1-2-3/h4,17-22,26-27,29-30H,2-3,5-16,23-25,28H2,1H3;3-4H2,1-2H3;3H2,1-2H3;2H,1H3. The van der Waals surface area contributed by atoms with Crippen molar-refractivity contribution in [2.45, 2.75) is 144 Å². The van der Waals surface area contributed by atoms with Gasteiger partial charge in [0.25, 0.3) is 0 Å². The van der Waals surface area contributed by atoms with Crippen LogP contribution in [0, 0.1) is 11.8 Å². The van der Waals surface area contributed by atoms with Gasteiger partial charge in [-0.25, -0.2) is 4.79 Å². The summed E-state index contributed by atoms with van der Waals surface area (Å²) in [5, 5.41) is 0. The summed E-state index contributed by atoms with van der Waals surface area (Å²) < 4.78 is 27.4. The molecule has 0 aliphatic heterocycles. The van der Waals surface area contributed by atoms with Crippen LogP contribution in [0.5, 0.6) is 17.2 Å². The van der Waals surface area contributed by atoms with Gasteiger partial charge in [0, 0.05) is 6.61 Å². The Balaban J connectivity index is 0.00000261. The lowest BCUT2D eigenvalue weighted by molar-refractivity contribution is -0.140. The molecule has 310 valence electrons. The second-order valence-corrected chi connectivity index (χ2v) is 13.6. The van der Waals surface area contributed by atoms with E-state index in [-0.39, 0.29) is 35.7 Å². The number of hydrogen-bond acceptors (Lipinski definition) is 9. The number of ether oxygens (including phenoxy) is 5. The molecule has 3 rings (SSSR count). The van der Waals surface area contributed by atoms with E-state index >= 15 is 0 Å². The molecule has 0 radical (unpaired) electrons. The highest BCUT2D eigenvalue weighted by molar-refractivity contribution is 5.91. The molecule has 9 nitrogen and oxygen atoms in total. The van der Waals surface area contributed by atoms with E-state index < -0.39 is 5.97 Å². The minimum atomic E-state index is -0.567. The second-order valence-electron chi connectivity index (χ2n) is 13.6. The number of rotatable bonds is 23. The Hall–Kier alpha value is -3.82. The molecule has 2 aromatic rings. The van der Waals surface area contributed by atoms with Crippen molar-refractivity contribution in [1.82, 2.24) is 0 Å². The van der Waals surface area contributed by atoms with Crippen LogP contribution in [0.2, 0.25) is 0 Å². The number of hydrogen-bond donors (Lipinski definition) is 0. The zero-order chi connectivity index (χ0) is 40.9. The molecule has 0 heterocycles. The Labute approximate surface area is 332 Å². The zero-order valence-electron chi connectivity index (χ0n) is 35.0. The lowest BCUT2D eigenvalue weighted by Crippen LogP contribution is -2.26. The molecule has 9 heteroatoms. The lowest BCUT2D eigenvalue weighted by Gasteiger charge is -2.27. The minimum Gasteiger partial charge on any atom is -0.494 e. The summed E-state index contributed by atoms with van der Waals surface area (Å²) in [5.74, 6) is 0.697. The maximum Gasteiger partial charge on any atom is 0.343 e. The summed E-state index contributed by atoms with van der Waals surface area (Å²) >= 11 is 0. The Morgan fingerprint density at radius 3 is 1.93 bits per heavy atom. The van der Waals surface area contributed by atoms with Gasteiger partial charge in [0.2, 0.25) is 0 Å². The summed E-state index contributed by atoms with van der Waals surface area (Å²) in [5.41, 5.74) is 0.503. The largest absolute Gasteiger partial charge is 0.494 e. The Bertz CT molecular complexity index is 1260. The van der Waals surface area contributed by atoms with Gasteiger partial charge < -0.3 is 28.5 Å². The van der Waals surface area contributed by atoms with Crippen molar-refractivity contribution in [2.75, 3.05) is 26.6 Å². The normalized spacial score (nSPS) is 14.3. The van der Waals surface area contributed by atoms with Gasteiger partial charge in [0.05, 0.1) is 30.3 Å². The molecule has 1 aliphatic carbocycles. The van der Waals surface area contributed by atoms with Crippen LogP contribution in [-0.4, -0.2) is 51.1 Å². The predicted octanol–water partition coefficient (Wildman–Crippen LogP) is 11.9. The van der Waals surface area contributed by atoms with Gasteiger partial charge in [-0.15, -0.1) is 6.58 Å². The Morgan fingerprint density at radius 1 is 0.727 bits per heavy atom. The van der Waals surface area contributed by atoms with Crippen molar-refractivity contribution in [3.8, 4) is 17.2 Å². The van der Waals surface area contributed by atoms with Gasteiger partial charge in [-0.3, -0.25) is 9.59 Å². The molecule has 0 saturated heterocycles. The molecule has 0 amide bonds. The van der Waals surface area contributed by atoms with E-state index in [2.05, 4.69) is 41.2 Å². The first-order valence-corrected chi connectivity index (χ1v) is 20.7. The van der Waals surface area contributed by atoms with Crippen LogP contribution in [0.25, 0.3) is 0 Å². The maximum absolute atomic E-state index is 12.9. The Kier molecular flexibility index (Phi) is 33.4. The maximum atomic E-state index is 12.9. The number of carbonyl (C=O) groups is 4. The summed E-state index contributed by atoms with van der Waals surface area (Å²) in [6.07, 6.45) is 21.1. The van der Waals surface area contributed by atoms with Crippen LogP contribution in [0.15, 0.2) is 55.1 Å². The molecule has 0 spiro atoms. The highest BCUT2D eigenvalue weighted by Gasteiger charge is 2.28. The van der Waals surface area contributed by atoms with Crippen molar-refractivity contribution < 1.29 is 42.9 Å². The quantitative estimate of drug-likeness (QED) is 0.0272. The van der Waals surface area contributed by atoms with Crippen molar-refractivity contribution in [2.24, 2.45) is 11.8 Å². The monoisotopic (exact) mass is 769 g/mol. The van der Waals surface area contributed by atoms with Crippen LogP contribution in [0.4, 0.5) is 0 Å². The first kappa shape index (κ1) is 51.2. The number of benzene rings is 2. The molecule has 1 saturated carbocycles. The van der Waals surface area contributed by atoms with Gasteiger partial charge in [-0.05, 0) is 100 Å². The van der Waals surface area contributed by atoms with Crippen molar-refractivity contribution in [1.29, 1.82) is 0 Å². The van der Waals surface area contributed by atoms with Crippen LogP contribution in [0.1, 0.15) is 165 Å². The molecule has 0 atom stereocenters. The SMILES string of the molecule is C=CCOCOCCCCCOc1ccc(C(=O)Oc2ccc(OC(=O)C3CCC(CCCCCCC)CC3)c(C=O)c2)cc1.CC=O.CCC.CCCC. The van der Waals surface area contributed by atoms with Crippen LogP contribution >= 0.6 is 0 Å². The van der Waals surface area contributed by atoms with Crippen molar-refractivity contribution >= 4 is 24.5 Å². The first-order valence-electron chi connectivity index (χ1n) is 20.7. The lowest BCUT2D eigenvalue weighted by atomic mass is 9.80. The van der Waals surface area contributed by atoms with E-state index in [9.17, 15) is 14.4 Å². The van der Waals surface area contributed by atoms with Gasteiger partial charge in [-0.2, -0.15) is 0 Å². The third kappa shape index (κ3) is 25.8. The summed E-state index contributed by atoms with van der Waals surface area (Å²) in [6, 6.07) is 11.2. The van der Waals surface area contributed by atoms with Crippen LogP contribution < -0.4 is 14.2 Å². The average molecular weight is 769 g/mol. The molecule has 0 unspecified atom stereocenters. The highest BCUT2D eigenvalue weighted by atomic mass is 16.7. The number of esters is 2. The minimum absolute atomic E-state index is 0.155.